The number of ether oxygens (including phenoxy) is 1. The van der Waals surface area contributed by atoms with Crippen LogP contribution in [0.5, 0.6) is 0 Å². The third-order valence-corrected chi connectivity index (χ3v) is 1.58. The number of halogens is 2. The summed E-state index contributed by atoms with van der Waals surface area (Å²) < 4.78 is 30.0. The molecule has 0 N–H and O–H groups in total. The standard InChI is InChI=1S/C10H10F2O2.C2H6/c1-2-14-10(13)5-7-3-8(11)6-9(12)4-7;1-2/h3-4,6H,2,5H2,1H3;1-2H3. The van der Waals surface area contributed by atoms with E-state index in [9.17, 15) is 13.6 Å². The molecule has 16 heavy (non-hydrogen) atoms. The lowest BCUT2D eigenvalue weighted by Crippen LogP contribution is -2.07. The molecule has 1 rings (SSSR count). The predicted octanol–water partition coefficient (Wildman–Crippen LogP) is 3.10. The molecule has 1 aromatic rings. The lowest BCUT2D eigenvalue weighted by Gasteiger charge is -2.02. The summed E-state index contributed by atoms with van der Waals surface area (Å²) in [6.07, 6.45) is -0.109. The van der Waals surface area contributed by atoms with E-state index in [0.29, 0.717) is 0 Å². The van der Waals surface area contributed by atoms with Crippen molar-refractivity contribution >= 4 is 5.97 Å². The van der Waals surface area contributed by atoms with Crippen LogP contribution in [0.3, 0.4) is 0 Å². The third-order valence-electron chi connectivity index (χ3n) is 1.58. The van der Waals surface area contributed by atoms with E-state index in [1.54, 1.807) is 6.92 Å². The van der Waals surface area contributed by atoms with Gasteiger partial charge in [-0.25, -0.2) is 8.78 Å². The number of hydrogen-bond donors (Lipinski definition) is 0. The van der Waals surface area contributed by atoms with E-state index in [0.717, 1.165) is 18.2 Å². The van der Waals surface area contributed by atoms with Gasteiger partial charge < -0.3 is 4.74 Å². The number of benzene rings is 1. The molecule has 0 atom stereocenters. The van der Waals surface area contributed by atoms with Crippen LogP contribution in [0.2, 0.25) is 0 Å². The molecule has 0 heterocycles. The molecule has 90 valence electrons. The number of esters is 1. The fourth-order valence-electron chi connectivity index (χ4n) is 1.09. The Morgan fingerprint density at radius 1 is 1.19 bits per heavy atom. The second-order valence-electron chi connectivity index (χ2n) is 2.76. The van der Waals surface area contributed by atoms with Crippen LogP contribution in [0.4, 0.5) is 8.78 Å². The fraction of sp³-hybridized carbons (Fsp3) is 0.417. The van der Waals surface area contributed by atoms with Crippen LogP contribution in [-0.2, 0) is 16.0 Å². The van der Waals surface area contributed by atoms with Gasteiger partial charge >= 0.3 is 5.97 Å². The Hall–Kier alpha value is -1.45. The predicted molar refractivity (Wildman–Crippen MR) is 58.0 cm³/mol. The second kappa shape index (κ2) is 7.79. The first kappa shape index (κ1) is 14.6. The van der Waals surface area contributed by atoms with Crippen LogP contribution in [0.1, 0.15) is 26.3 Å². The van der Waals surface area contributed by atoms with Crippen molar-refractivity contribution in [3.8, 4) is 0 Å². The van der Waals surface area contributed by atoms with E-state index in [-0.39, 0.29) is 18.6 Å². The summed E-state index contributed by atoms with van der Waals surface area (Å²) in [5.41, 5.74) is 0.279. The highest BCUT2D eigenvalue weighted by atomic mass is 19.1. The van der Waals surface area contributed by atoms with E-state index in [1.807, 2.05) is 13.8 Å². The van der Waals surface area contributed by atoms with Gasteiger partial charge in [-0.05, 0) is 24.6 Å². The van der Waals surface area contributed by atoms with Gasteiger partial charge in [-0.15, -0.1) is 0 Å². The first-order valence-electron chi connectivity index (χ1n) is 5.22. The average molecular weight is 230 g/mol. The maximum absolute atomic E-state index is 12.7. The quantitative estimate of drug-likeness (QED) is 0.746. The molecule has 0 fully saturated rings. The summed E-state index contributed by atoms with van der Waals surface area (Å²) in [4.78, 5) is 11.0. The lowest BCUT2D eigenvalue weighted by atomic mass is 10.1. The summed E-state index contributed by atoms with van der Waals surface area (Å²) in [5, 5.41) is 0. The van der Waals surface area contributed by atoms with Crippen LogP contribution in [0.25, 0.3) is 0 Å². The summed E-state index contributed by atoms with van der Waals surface area (Å²) in [6.45, 7) is 5.93. The average Bonchev–Trinajstić information content (AvgIpc) is 2.19. The van der Waals surface area contributed by atoms with Crippen molar-refractivity contribution in [3.63, 3.8) is 0 Å². The molecular formula is C12H16F2O2. The van der Waals surface area contributed by atoms with Gasteiger partial charge in [-0.2, -0.15) is 0 Å². The minimum absolute atomic E-state index is 0.109. The highest BCUT2D eigenvalue weighted by Gasteiger charge is 2.06. The molecule has 0 aliphatic heterocycles. The molecule has 0 aliphatic rings. The summed E-state index contributed by atoms with van der Waals surface area (Å²) in [5.74, 6) is -1.87. The molecule has 0 spiro atoms. The molecular weight excluding hydrogens is 214 g/mol. The molecule has 0 saturated carbocycles. The molecule has 0 radical (unpaired) electrons. The van der Waals surface area contributed by atoms with E-state index in [4.69, 9.17) is 0 Å². The lowest BCUT2D eigenvalue weighted by molar-refractivity contribution is -0.142. The van der Waals surface area contributed by atoms with E-state index in [1.165, 1.54) is 0 Å². The van der Waals surface area contributed by atoms with Crippen LogP contribution >= 0.6 is 0 Å². The largest absolute Gasteiger partial charge is 0.466 e. The first-order chi connectivity index (χ1) is 7.61. The number of hydrogen-bond acceptors (Lipinski definition) is 2. The van der Waals surface area contributed by atoms with Crippen molar-refractivity contribution in [1.82, 2.24) is 0 Å². The normalized spacial score (nSPS) is 9.06. The fourth-order valence-corrected chi connectivity index (χ4v) is 1.09. The minimum Gasteiger partial charge on any atom is -0.466 e. The van der Waals surface area contributed by atoms with Crippen molar-refractivity contribution in [2.45, 2.75) is 27.2 Å². The highest BCUT2D eigenvalue weighted by Crippen LogP contribution is 2.08. The van der Waals surface area contributed by atoms with E-state index in [2.05, 4.69) is 4.74 Å². The molecule has 2 nitrogen and oxygen atoms in total. The summed E-state index contributed by atoms with van der Waals surface area (Å²) in [7, 11) is 0. The Balaban J connectivity index is 0.00000106. The van der Waals surface area contributed by atoms with Crippen LogP contribution in [0, 0.1) is 11.6 Å². The molecule has 0 bridgehead atoms. The number of carbonyl (C=O) groups excluding carboxylic acids is 1. The Labute approximate surface area is 94.2 Å². The number of rotatable bonds is 3. The Morgan fingerprint density at radius 2 is 1.69 bits per heavy atom. The SMILES string of the molecule is CC.CCOC(=O)Cc1cc(F)cc(F)c1. The van der Waals surface area contributed by atoms with Gasteiger partial charge in [0.15, 0.2) is 0 Å². The van der Waals surface area contributed by atoms with Crippen molar-refractivity contribution in [2.75, 3.05) is 6.61 Å². The zero-order valence-electron chi connectivity index (χ0n) is 9.72. The van der Waals surface area contributed by atoms with Crippen LogP contribution in [0.15, 0.2) is 18.2 Å². The molecule has 0 unspecified atom stereocenters. The van der Waals surface area contributed by atoms with E-state index < -0.39 is 17.6 Å². The monoisotopic (exact) mass is 230 g/mol. The maximum Gasteiger partial charge on any atom is 0.310 e. The van der Waals surface area contributed by atoms with Gasteiger partial charge in [0.05, 0.1) is 13.0 Å². The Kier molecular flexibility index (Phi) is 7.09. The zero-order chi connectivity index (χ0) is 12.6. The Morgan fingerprint density at radius 3 is 2.12 bits per heavy atom. The molecule has 0 aliphatic carbocycles. The summed E-state index contributed by atoms with van der Waals surface area (Å²) >= 11 is 0. The van der Waals surface area contributed by atoms with Gasteiger partial charge in [0.1, 0.15) is 11.6 Å². The van der Waals surface area contributed by atoms with Crippen LogP contribution < -0.4 is 0 Å². The molecule has 0 saturated heterocycles. The summed E-state index contributed by atoms with van der Waals surface area (Å²) in [6, 6.07) is 2.98. The topological polar surface area (TPSA) is 26.3 Å². The maximum atomic E-state index is 12.7. The van der Waals surface area contributed by atoms with Crippen molar-refractivity contribution < 1.29 is 18.3 Å². The van der Waals surface area contributed by atoms with Gasteiger partial charge in [0, 0.05) is 6.07 Å². The third kappa shape index (κ3) is 5.44. The second-order valence-corrected chi connectivity index (χ2v) is 2.76. The minimum atomic E-state index is -0.690. The number of carbonyl (C=O) groups is 1. The van der Waals surface area contributed by atoms with Gasteiger partial charge in [-0.3, -0.25) is 4.79 Å². The molecule has 4 heteroatoms. The smallest absolute Gasteiger partial charge is 0.310 e. The van der Waals surface area contributed by atoms with Gasteiger partial charge in [0.25, 0.3) is 0 Å². The first-order valence-corrected chi connectivity index (χ1v) is 5.22. The molecule has 0 aromatic heterocycles. The zero-order valence-corrected chi connectivity index (χ0v) is 9.72. The van der Waals surface area contributed by atoms with E-state index >= 15 is 0 Å². The van der Waals surface area contributed by atoms with Crippen molar-refractivity contribution in [1.29, 1.82) is 0 Å². The van der Waals surface area contributed by atoms with Crippen LogP contribution in [-0.4, -0.2) is 12.6 Å². The van der Waals surface area contributed by atoms with Crippen molar-refractivity contribution in [2.24, 2.45) is 0 Å². The highest BCUT2D eigenvalue weighted by molar-refractivity contribution is 5.72. The Bertz CT molecular complexity index is 318. The van der Waals surface area contributed by atoms with Crippen molar-refractivity contribution in [3.05, 3.63) is 35.4 Å². The molecule has 0 amide bonds. The van der Waals surface area contributed by atoms with Gasteiger partial charge in [0.2, 0.25) is 0 Å². The molecule has 1 aromatic carbocycles. The van der Waals surface area contributed by atoms with Gasteiger partial charge in [-0.1, -0.05) is 13.8 Å².